The van der Waals surface area contributed by atoms with Gasteiger partial charge in [0, 0.05) is 5.92 Å². The van der Waals surface area contributed by atoms with E-state index < -0.39 is 5.92 Å². The lowest BCUT2D eigenvalue weighted by atomic mass is 9.92. The van der Waals surface area contributed by atoms with Crippen molar-refractivity contribution in [2.24, 2.45) is 0 Å². The van der Waals surface area contributed by atoms with Gasteiger partial charge in [0.1, 0.15) is 12.1 Å². The summed E-state index contributed by atoms with van der Waals surface area (Å²) in [5.74, 6) is -0.738. The maximum absolute atomic E-state index is 13.7. The number of rotatable bonds is 5. The minimum absolute atomic E-state index is 0.315. The molecule has 0 bridgehead atoms. The Morgan fingerprint density at radius 3 is 2.26 bits per heavy atom. The predicted octanol–water partition coefficient (Wildman–Crippen LogP) is 3.91. The zero-order valence-corrected chi connectivity index (χ0v) is 11.0. The van der Waals surface area contributed by atoms with Crippen molar-refractivity contribution in [3.05, 3.63) is 71.0 Å². The molecule has 0 radical (unpaired) electrons. The molecule has 1 nitrogen and oxygen atoms in total. The standard InChI is InChI=1S/C17H17FO/c1-2-13-7-9-14(10-8-13)11-15(12-19)16-5-3-4-6-17(16)18/h3-10,12,15H,2,11H2,1H3. The first-order valence-corrected chi connectivity index (χ1v) is 6.52. The van der Waals surface area contributed by atoms with Crippen LogP contribution in [0.15, 0.2) is 48.5 Å². The molecule has 0 saturated heterocycles. The maximum Gasteiger partial charge on any atom is 0.127 e. The molecule has 0 fully saturated rings. The molecule has 0 aliphatic carbocycles. The number of hydrogen-bond donors (Lipinski definition) is 0. The van der Waals surface area contributed by atoms with Gasteiger partial charge in [-0.2, -0.15) is 0 Å². The molecule has 98 valence electrons. The van der Waals surface area contributed by atoms with E-state index in [1.54, 1.807) is 18.2 Å². The van der Waals surface area contributed by atoms with Crippen LogP contribution in [0.25, 0.3) is 0 Å². The molecule has 0 spiro atoms. The van der Waals surface area contributed by atoms with Crippen LogP contribution in [-0.2, 0) is 17.6 Å². The molecule has 2 rings (SSSR count). The lowest BCUT2D eigenvalue weighted by Crippen LogP contribution is -2.06. The summed E-state index contributed by atoms with van der Waals surface area (Å²) < 4.78 is 13.7. The van der Waals surface area contributed by atoms with Gasteiger partial charge in [-0.15, -0.1) is 0 Å². The van der Waals surface area contributed by atoms with Crippen molar-refractivity contribution >= 4 is 6.29 Å². The Hall–Kier alpha value is -1.96. The summed E-state index contributed by atoms with van der Waals surface area (Å²) in [7, 11) is 0. The lowest BCUT2D eigenvalue weighted by molar-refractivity contribution is -0.109. The monoisotopic (exact) mass is 256 g/mol. The Kier molecular flexibility index (Phi) is 4.45. The van der Waals surface area contributed by atoms with Crippen LogP contribution in [0.4, 0.5) is 4.39 Å². The van der Waals surface area contributed by atoms with Crippen LogP contribution in [0.5, 0.6) is 0 Å². The fourth-order valence-corrected chi connectivity index (χ4v) is 2.17. The molecular formula is C17H17FO. The van der Waals surface area contributed by atoms with Crippen molar-refractivity contribution < 1.29 is 9.18 Å². The van der Waals surface area contributed by atoms with E-state index in [1.165, 1.54) is 11.6 Å². The molecule has 1 atom stereocenters. The molecule has 2 heteroatoms. The Morgan fingerprint density at radius 1 is 1.05 bits per heavy atom. The van der Waals surface area contributed by atoms with Gasteiger partial charge in [-0.05, 0) is 35.6 Å². The molecule has 2 aromatic carbocycles. The van der Waals surface area contributed by atoms with Gasteiger partial charge in [0.05, 0.1) is 0 Å². The van der Waals surface area contributed by atoms with Crippen LogP contribution in [0, 0.1) is 5.82 Å². The molecule has 1 unspecified atom stereocenters. The minimum Gasteiger partial charge on any atom is -0.303 e. The van der Waals surface area contributed by atoms with Crippen molar-refractivity contribution in [2.75, 3.05) is 0 Å². The smallest absolute Gasteiger partial charge is 0.127 e. The van der Waals surface area contributed by atoms with E-state index in [1.807, 2.05) is 12.1 Å². The molecule has 0 N–H and O–H groups in total. The second-order valence-electron chi connectivity index (χ2n) is 4.64. The van der Waals surface area contributed by atoms with E-state index >= 15 is 0 Å². The predicted molar refractivity (Wildman–Crippen MR) is 74.7 cm³/mol. The van der Waals surface area contributed by atoms with E-state index in [9.17, 15) is 9.18 Å². The number of carbonyl (C=O) groups excluding carboxylic acids is 1. The Labute approximate surface area is 113 Å². The molecule has 0 heterocycles. The van der Waals surface area contributed by atoms with Gasteiger partial charge in [0.25, 0.3) is 0 Å². The van der Waals surface area contributed by atoms with E-state index in [4.69, 9.17) is 0 Å². The van der Waals surface area contributed by atoms with Crippen molar-refractivity contribution in [3.63, 3.8) is 0 Å². The van der Waals surface area contributed by atoms with Crippen LogP contribution in [0.3, 0.4) is 0 Å². The zero-order chi connectivity index (χ0) is 13.7. The summed E-state index contributed by atoms with van der Waals surface area (Å²) >= 11 is 0. The molecule has 19 heavy (non-hydrogen) atoms. The van der Waals surface area contributed by atoms with Crippen molar-refractivity contribution in [1.29, 1.82) is 0 Å². The molecule has 0 aliphatic heterocycles. The highest BCUT2D eigenvalue weighted by Crippen LogP contribution is 2.22. The molecule has 0 saturated carbocycles. The normalized spacial score (nSPS) is 12.1. The van der Waals surface area contributed by atoms with Crippen LogP contribution in [0.1, 0.15) is 29.5 Å². The van der Waals surface area contributed by atoms with Gasteiger partial charge in [0.2, 0.25) is 0 Å². The van der Waals surface area contributed by atoms with Gasteiger partial charge < -0.3 is 4.79 Å². The van der Waals surface area contributed by atoms with Crippen LogP contribution < -0.4 is 0 Å². The minimum atomic E-state index is -0.423. The second-order valence-corrected chi connectivity index (χ2v) is 4.64. The Morgan fingerprint density at radius 2 is 1.68 bits per heavy atom. The third-order valence-electron chi connectivity index (χ3n) is 3.36. The van der Waals surface area contributed by atoms with Gasteiger partial charge in [0.15, 0.2) is 0 Å². The van der Waals surface area contributed by atoms with Crippen molar-refractivity contribution in [1.82, 2.24) is 0 Å². The Bertz CT molecular complexity index is 545. The van der Waals surface area contributed by atoms with Gasteiger partial charge in [-0.25, -0.2) is 4.39 Å². The number of halogens is 1. The fraction of sp³-hybridized carbons (Fsp3) is 0.235. The summed E-state index contributed by atoms with van der Waals surface area (Å²) in [6.07, 6.45) is 2.35. The summed E-state index contributed by atoms with van der Waals surface area (Å²) in [6, 6.07) is 14.6. The third kappa shape index (κ3) is 3.28. The first kappa shape index (κ1) is 13.5. The topological polar surface area (TPSA) is 17.1 Å². The summed E-state index contributed by atoms with van der Waals surface area (Å²) in [6.45, 7) is 2.10. The van der Waals surface area contributed by atoms with Crippen LogP contribution in [-0.4, -0.2) is 6.29 Å². The summed E-state index contributed by atoms with van der Waals surface area (Å²) in [4.78, 5) is 11.2. The summed E-state index contributed by atoms with van der Waals surface area (Å²) in [5.41, 5.74) is 2.78. The number of benzene rings is 2. The molecule has 0 aromatic heterocycles. The average Bonchev–Trinajstić information content (AvgIpc) is 2.46. The molecule has 0 amide bonds. The number of aryl methyl sites for hydroxylation is 1. The first-order chi connectivity index (χ1) is 9.24. The van der Waals surface area contributed by atoms with Crippen LogP contribution >= 0.6 is 0 Å². The first-order valence-electron chi connectivity index (χ1n) is 6.52. The summed E-state index contributed by atoms with van der Waals surface area (Å²) in [5, 5.41) is 0. The quantitative estimate of drug-likeness (QED) is 0.741. The average molecular weight is 256 g/mol. The highest BCUT2D eigenvalue weighted by Gasteiger charge is 2.15. The number of hydrogen-bond acceptors (Lipinski definition) is 1. The van der Waals surface area contributed by atoms with Gasteiger partial charge in [-0.3, -0.25) is 0 Å². The van der Waals surface area contributed by atoms with E-state index in [0.717, 1.165) is 18.3 Å². The second kappa shape index (κ2) is 6.28. The van der Waals surface area contributed by atoms with Crippen molar-refractivity contribution in [3.8, 4) is 0 Å². The highest BCUT2D eigenvalue weighted by atomic mass is 19.1. The van der Waals surface area contributed by atoms with E-state index in [-0.39, 0.29) is 5.82 Å². The molecule has 0 aliphatic rings. The zero-order valence-electron chi connectivity index (χ0n) is 11.0. The van der Waals surface area contributed by atoms with E-state index in [2.05, 4.69) is 19.1 Å². The fourth-order valence-electron chi connectivity index (χ4n) is 2.17. The number of aldehydes is 1. The third-order valence-corrected chi connectivity index (χ3v) is 3.36. The Balaban J connectivity index is 2.19. The van der Waals surface area contributed by atoms with Crippen molar-refractivity contribution in [2.45, 2.75) is 25.7 Å². The molecule has 2 aromatic rings. The van der Waals surface area contributed by atoms with Crippen LogP contribution in [0.2, 0.25) is 0 Å². The maximum atomic E-state index is 13.7. The van der Waals surface area contributed by atoms with E-state index in [0.29, 0.717) is 12.0 Å². The highest BCUT2D eigenvalue weighted by molar-refractivity contribution is 5.63. The number of carbonyl (C=O) groups is 1. The SMILES string of the molecule is CCc1ccc(CC(C=O)c2ccccc2F)cc1. The lowest BCUT2D eigenvalue weighted by Gasteiger charge is -2.12. The van der Waals surface area contributed by atoms with Gasteiger partial charge in [-0.1, -0.05) is 49.4 Å². The molecular weight excluding hydrogens is 239 g/mol. The van der Waals surface area contributed by atoms with Gasteiger partial charge >= 0.3 is 0 Å². The largest absolute Gasteiger partial charge is 0.303 e.